The molecule has 2 atom stereocenters. The Morgan fingerprint density at radius 2 is 2.35 bits per heavy atom. The zero-order valence-corrected chi connectivity index (χ0v) is 10.3. The fourth-order valence-electron chi connectivity index (χ4n) is 2.17. The normalized spacial score (nSPS) is 23.6. The van der Waals surface area contributed by atoms with E-state index in [1.165, 1.54) is 25.1 Å². The van der Waals surface area contributed by atoms with Crippen molar-refractivity contribution in [1.82, 2.24) is 4.98 Å². The predicted octanol–water partition coefficient (Wildman–Crippen LogP) is 3.24. The van der Waals surface area contributed by atoms with Gasteiger partial charge in [-0.25, -0.2) is 4.98 Å². The molecule has 1 aliphatic rings. The van der Waals surface area contributed by atoms with Gasteiger partial charge < -0.3 is 5.32 Å². The molecule has 0 aliphatic heterocycles. The molecule has 0 radical (unpaired) electrons. The van der Waals surface area contributed by atoms with Crippen LogP contribution in [-0.4, -0.2) is 15.9 Å². The highest BCUT2D eigenvalue weighted by Gasteiger charge is 2.24. The number of pyridine rings is 1. The number of anilines is 1. The fraction of sp³-hybridized carbons (Fsp3) is 0.545. The Morgan fingerprint density at radius 1 is 1.59 bits per heavy atom. The summed E-state index contributed by atoms with van der Waals surface area (Å²) in [4.78, 5) is 14.1. The van der Waals surface area contributed by atoms with Crippen molar-refractivity contribution in [2.75, 3.05) is 5.32 Å². The number of hydrogen-bond donors (Lipinski definition) is 1. The lowest BCUT2D eigenvalue weighted by atomic mass is 10.1. The summed E-state index contributed by atoms with van der Waals surface area (Å²) in [6, 6.07) is 1.69. The average molecular weight is 256 g/mol. The Morgan fingerprint density at radius 3 is 2.88 bits per heavy atom. The van der Waals surface area contributed by atoms with Crippen LogP contribution in [0, 0.1) is 16.0 Å². The smallest absolute Gasteiger partial charge is 0.289 e. The standard InChI is InChI=1S/C11H14ClN3O2/c1-7-3-2-4-10(7)14-11-9(12)5-8(6-13-11)15(16)17/h5-7,10H,2-4H2,1H3,(H,13,14). The maximum absolute atomic E-state index is 10.5. The second-order valence-corrected chi connectivity index (χ2v) is 4.85. The lowest BCUT2D eigenvalue weighted by Crippen LogP contribution is -2.22. The van der Waals surface area contributed by atoms with E-state index in [1.54, 1.807) is 0 Å². The van der Waals surface area contributed by atoms with Crippen molar-refractivity contribution in [1.29, 1.82) is 0 Å². The van der Waals surface area contributed by atoms with Gasteiger partial charge in [0.05, 0.1) is 9.95 Å². The molecule has 0 saturated heterocycles. The lowest BCUT2D eigenvalue weighted by Gasteiger charge is -2.18. The third-order valence-corrected chi connectivity index (χ3v) is 3.51. The minimum atomic E-state index is -0.499. The second kappa shape index (κ2) is 4.87. The van der Waals surface area contributed by atoms with Crippen LogP contribution in [0.5, 0.6) is 0 Å². The van der Waals surface area contributed by atoms with E-state index in [0.717, 1.165) is 6.42 Å². The van der Waals surface area contributed by atoms with E-state index in [1.807, 2.05) is 0 Å². The van der Waals surface area contributed by atoms with Crippen molar-refractivity contribution in [3.05, 3.63) is 27.4 Å². The summed E-state index contributed by atoms with van der Waals surface area (Å²) in [6.07, 6.45) is 4.72. The lowest BCUT2D eigenvalue weighted by molar-refractivity contribution is -0.385. The molecule has 0 amide bonds. The molecule has 1 fully saturated rings. The van der Waals surface area contributed by atoms with E-state index < -0.39 is 4.92 Å². The maximum atomic E-state index is 10.5. The quantitative estimate of drug-likeness (QED) is 0.665. The monoisotopic (exact) mass is 255 g/mol. The number of halogens is 1. The van der Waals surface area contributed by atoms with Crippen LogP contribution in [0.4, 0.5) is 11.5 Å². The highest BCUT2D eigenvalue weighted by molar-refractivity contribution is 6.33. The minimum Gasteiger partial charge on any atom is -0.366 e. The Kier molecular flexibility index (Phi) is 3.47. The number of aromatic nitrogens is 1. The first kappa shape index (κ1) is 12.1. The molecule has 5 nitrogen and oxygen atoms in total. The van der Waals surface area contributed by atoms with Crippen molar-refractivity contribution in [3.8, 4) is 0 Å². The molecule has 1 N–H and O–H groups in total. The molecule has 0 bridgehead atoms. The van der Waals surface area contributed by atoms with Gasteiger partial charge in [-0.05, 0) is 18.8 Å². The summed E-state index contributed by atoms with van der Waals surface area (Å²) >= 11 is 5.97. The van der Waals surface area contributed by atoms with Crippen LogP contribution in [0.25, 0.3) is 0 Å². The van der Waals surface area contributed by atoms with E-state index in [4.69, 9.17) is 11.6 Å². The zero-order chi connectivity index (χ0) is 12.4. The third-order valence-electron chi connectivity index (χ3n) is 3.22. The molecule has 92 valence electrons. The molecule has 2 unspecified atom stereocenters. The van der Waals surface area contributed by atoms with E-state index in [9.17, 15) is 10.1 Å². The van der Waals surface area contributed by atoms with Gasteiger partial charge in [0.1, 0.15) is 12.0 Å². The first-order chi connectivity index (χ1) is 8.08. The van der Waals surface area contributed by atoms with Crippen molar-refractivity contribution in [3.63, 3.8) is 0 Å². The van der Waals surface area contributed by atoms with Crippen LogP contribution in [0.1, 0.15) is 26.2 Å². The van der Waals surface area contributed by atoms with E-state index in [2.05, 4.69) is 17.2 Å². The summed E-state index contributed by atoms with van der Waals surface area (Å²) < 4.78 is 0. The van der Waals surface area contributed by atoms with Gasteiger partial charge in [-0.1, -0.05) is 24.9 Å². The fourth-order valence-corrected chi connectivity index (χ4v) is 2.38. The third kappa shape index (κ3) is 2.66. The molecule has 1 aromatic heterocycles. The molecule has 17 heavy (non-hydrogen) atoms. The second-order valence-electron chi connectivity index (χ2n) is 4.44. The number of nitrogens with one attached hydrogen (secondary N) is 1. The van der Waals surface area contributed by atoms with Gasteiger partial charge in [0.25, 0.3) is 5.69 Å². The van der Waals surface area contributed by atoms with Gasteiger partial charge in [0.2, 0.25) is 0 Å². The number of rotatable bonds is 3. The van der Waals surface area contributed by atoms with E-state index in [0.29, 0.717) is 22.8 Å². The molecule has 2 rings (SSSR count). The van der Waals surface area contributed by atoms with Gasteiger partial charge in [0.15, 0.2) is 0 Å². The van der Waals surface area contributed by atoms with Gasteiger partial charge in [0, 0.05) is 12.1 Å². The van der Waals surface area contributed by atoms with Crippen molar-refractivity contribution < 1.29 is 4.92 Å². The zero-order valence-electron chi connectivity index (χ0n) is 9.52. The molecule has 1 heterocycles. The van der Waals surface area contributed by atoms with Crippen molar-refractivity contribution in [2.45, 2.75) is 32.2 Å². The molecule has 1 saturated carbocycles. The van der Waals surface area contributed by atoms with Gasteiger partial charge in [-0.2, -0.15) is 0 Å². The van der Waals surface area contributed by atoms with E-state index in [-0.39, 0.29) is 5.69 Å². The Labute approximate surface area is 104 Å². The summed E-state index contributed by atoms with van der Waals surface area (Å²) in [5.41, 5.74) is -0.0833. The van der Waals surface area contributed by atoms with Crippen LogP contribution >= 0.6 is 11.6 Å². The Balaban J connectivity index is 2.14. The molecular weight excluding hydrogens is 242 g/mol. The van der Waals surface area contributed by atoms with Crippen molar-refractivity contribution in [2.24, 2.45) is 5.92 Å². The molecule has 1 aliphatic carbocycles. The minimum absolute atomic E-state index is 0.0833. The maximum Gasteiger partial charge on any atom is 0.289 e. The van der Waals surface area contributed by atoms with Crippen LogP contribution in [0.2, 0.25) is 5.02 Å². The predicted molar refractivity (Wildman–Crippen MR) is 66.3 cm³/mol. The SMILES string of the molecule is CC1CCCC1Nc1ncc([N+](=O)[O-])cc1Cl. The Hall–Kier alpha value is -1.36. The summed E-state index contributed by atoms with van der Waals surface area (Å²) in [5, 5.41) is 14.1. The van der Waals surface area contributed by atoms with Gasteiger partial charge in [-0.3, -0.25) is 10.1 Å². The van der Waals surface area contributed by atoms with Crippen LogP contribution < -0.4 is 5.32 Å². The van der Waals surface area contributed by atoms with Crippen LogP contribution in [-0.2, 0) is 0 Å². The van der Waals surface area contributed by atoms with Crippen LogP contribution in [0.3, 0.4) is 0 Å². The number of nitrogens with zero attached hydrogens (tertiary/aromatic N) is 2. The van der Waals surface area contributed by atoms with E-state index >= 15 is 0 Å². The highest BCUT2D eigenvalue weighted by atomic mass is 35.5. The summed E-state index contributed by atoms with van der Waals surface area (Å²) in [7, 11) is 0. The first-order valence-electron chi connectivity index (χ1n) is 5.64. The number of nitro groups is 1. The largest absolute Gasteiger partial charge is 0.366 e. The molecule has 1 aromatic rings. The summed E-state index contributed by atoms with van der Waals surface area (Å²) in [5.74, 6) is 1.12. The molecular formula is C11H14ClN3O2. The molecule has 6 heteroatoms. The highest BCUT2D eigenvalue weighted by Crippen LogP contribution is 2.30. The number of hydrogen-bond acceptors (Lipinski definition) is 4. The Bertz CT molecular complexity index is 439. The van der Waals surface area contributed by atoms with Gasteiger partial charge >= 0.3 is 0 Å². The summed E-state index contributed by atoms with van der Waals surface area (Å²) in [6.45, 7) is 2.18. The average Bonchev–Trinajstić information content (AvgIpc) is 2.67. The first-order valence-corrected chi connectivity index (χ1v) is 6.02. The topological polar surface area (TPSA) is 68.1 Å². The van der Waals surface area contributed by atoms with Crippen molar-refractivity contribution >= 4 is 23.1 Å². The van der Waals surface area contributed by atoms with Gasteiger partial charge in [-0.15, -0.1) is 0 Å². The molecule has 0 spiro atoms. The van der Waals surface area contributed by atoms with Crippen LogP contribution in [0.15, 0.2) is 12.3 Å². The molecule has 0 aromatic carbocycles.